The van der Waals surface area contributed by atoms with Gasteiger partial charge in [-0.05, 0) is 12.8 Å². The lowest BCUT2D eigenvalue weighted by Gasteiger charge is -2.13. The van der Waals surface area contributed by atoms with Gasteiger partial charge in [-0.3, -0.25) is 0 Å². The molecule has 0 radical (unpaired) electrons. The molecule has 0 saturated heterocycles. The van der Waals surface area contributed by atoms with E-state index in [2.05, 4.69) is 19.2 Å². The van der Waals surface area contributed by atoms with Crippen LogP contribution in [0.15, 0.2) is 0 Å². The second-order valence-corrected chi connectivity index (χ2v) is 2.78. The molecule has 0 heterocycles. The largest absolute Gasteiger partial charge is 0.395 e. The van der Waals surface area contributed by atoms with Crippen molar-refractivity contribution in [2.24, 2.45) is 0 Å². The topological polar surface area (TPSA) is 41.5 Å². The van der Waals surface area contributed by atoms with Gasteiger partial charge in [-0.1, -0.05) is 13.8 Å². The SMILES string of the molecule is CCC(CC)OCCNCCO. The monoisotopic (exact) mass is 175 g/mol. The molecule has 0 aliphatic heterocycles. The zero-order valence-corrected chi connectivity index (χ0v) is 8.18. The van der Waals surface area contributed by atoms with E-state index in [0.717, 1.165) is 26.0 Å². The maximum atomic E-state index is 8.46. The van der Waals surface area contributed by atoms with Crippen molar-refractivity contribution in [3.05, 3.63) is 0 Å². The first-order valence-electron chi connectivity index (χ1n) is 4.78. The lowest BCUT2D eigenvalue weighted by molar-refractivity contribution is 0.0498. The summed E-state index contributed by atoms with van der Waals surface area (Å²) < 4.78 is 5.54. The molecule has 0 bridgehead atoms. The van der Waals surface area contributed by atoms with Crippen molar-refractivity contribution in [2.75, 3.05) is 26.3 Å². The van der Waals surface area contributed by atoms with Crippen molar-refractivity contribution >= 4 is 0 Å². The first kappa shape index (κ1) is 11.9. The van der Waals surface area contributed by atoms with E-state index in [1.54, 1.807) is 0 Å². The second-order valence-electron chi connectivity index (χ2n) is 2.78. The van der Waals surface area contributed by atoms with Crippen LogP contribution in [0, 0.1) is 0 Å². The van der Waals surface area contributed by atoms with Crippen molar-refractivity contribution in [1.82, 2.24) is 5.32 Å². The normalized spacial score (nSPS) is 11.0. The Balaban J connectivity index is 3.06. The van der Waals surface area contributed by atoms with Gasteiger partial charge in [0.1, 0.15) is 0 Å². The molecule has 12 heavy (non-hydrogen) atoms. The molecule has 0 aliphatic carbocycles. The fraction of sp³-hybridized carbons (Fsp3) is 1.00. The highest BCUT2D eigenvalue weighted by molar-refractivity contribution is 4.52. The van der Waals surface area contributed by atoms with E-state index < -0.39 is 0 Å². The Kier molecular flexibility index (Phi) is 8.88. The predicted octanol–water partition coefficient (Wildman–Crippen LogP) is 0.774. The minimum Gasteiger partial charge on any atom is -0.395 e. The lowest BCUT2D eigenvalue weighted by Crippen LogP contribution is -2.25. The van der Waals surface area contributed by atoms with Gasteiger partial charge in [-0.2, -0.15) is 0 Å². The summed E-state index contributed by atoms with van der Waals surface area (Å²) in [4.78, 5) is 0. The fourth-order valence-corrected chi connectivity index (χ4v) is 1.03. The number of rotatable bonds is 8. The zero-order valence-electron chi connectivity index (χ0n) is 8.18. The Bertz CT molecular complexity index is 84.6. The van der Waals surface area contributed by atoms with Gasteiger partial charge in [0.25, 0.3) is 0 Å². The van der Waals surface area contributed by atoms with Gasteiger partial charge in [0.2, 0.25) is 0 Å². The molecular weight excluding hydrogens is 154 g/mol. The van der Waals surface area contributed by atoms with Crippen LogP contribution in [0.1, 0.15) is 26.7 Å². The van der Waals surface area contributed by atoms with Crippen molar-refractivity contribution < 1.29 is 9.84 Å². The van der Waals surface area contributed by atoms with Gasteiger partial charge >= 0.3 is 0 Å². The van der Waals surface area contributed by atoms with Crippen LogP contribution in [0.4, 0.5) is 0 Å². The molecule has 3 heteroatoms. The minimum absolute atomic E-state index is 0.199. The van der Waals surface area contributed by atoms with Crippen molar-refractivity contribution in [3.63, 3.8) is 0 Å². The molecule has 0 fully saturated rings. The predicted molar refractivity (Wildman–Crippen MR) is 50.3 cm³/mol. The number of hydrogen-bond donors (Lipinski definition) is 2. The van der Waals surface area contributed by atoms with Gasteiger partial charge in [0.15, 0.2) is 0 Å². The fourth-order valence-electron chi connectivity index (χ4n) is 1.03. The third kappa shape index (κ3) is 6.58. The summed E-state index contributed by atoms with van der Waals surface area (Å²) in [7, 11) is 0. The Hall–Kier alpha value is -0.120. The first-order valence-corrected chi connectivity index (χ1v) is 4.78. The molecule has 0 aromatic heterocycles. The number of aliphatic hydroxyl groups excluding tert-OH is 1. The van der Waals surface area contributed by atoms with Crippen LogP contribution < -0.4 is 5.32 Å². The molecule has 74 valence electrons. The number of hydrogen-bond acceptors (Lipinski definition) is 3. The third-order valence-electron chi connectivity index (χ3n) is 1.83. The van der Waals surface area contributed by atoms with Gasteiger partial charge in [-0.25, -0.2) is 0 Å². The van der Waals surface area contributed by atoms with E-state index in [9.17, 15) is 0 Å². The summed E-state index contributed by atoms with van der Waals surface area (Å²) in [5.41, 5.74) is 0. The number of ether oxygens (including phenoxy) is 1. The smallest absolute Gasteiger partial charge is 0.0594 e. The Morgan fingerprint density at radius 1 is 1.25 bits per heavy atom. The third-order valence-corrected chi connectivity index (χ3v) is 1.83. The van der Waals surface area contributed by atoms with Crippen LogP contribution in [0.5, 0.6) is 0 Å². The molecule has 0 amide bonds. The summed E-state index contributed by atoms with van der Waals surface area (Å²) in [5, 5.41) is 11.5. The van der Waals surface area contributed by atoms with E-state index in [0.29, 0.717) is 12.6 Å². The highest BCUT2D eigenvalue weighted by Crippen LogP contribution is 2.01. The highest BCUT2D eigenvalue weighted by Gasteiger charge is 2.01. The molecule has 0 atom stereocenters. The van der Waals surface area contributed by atoms with Gasteiger partial charge in [0.05, 0.1) is 19.3 Å². The number of nitrogens with one attached hydrogen (secondary N) is 1. The van der Waals surface area contributed by atoms with Crippen LogP contribution in [-0.2, 0) is 4.74 Å². The van der Waals surface area contributed by atoms with Gasteiger partial charge < -0.3 is 15.2 Å². The Morgan fingerprint density at radius 2 is 1.92 bits per heavy atom. The van der Waals surface area contributed by atoms with E-state index in [-0.39, 0.29) is 6.61 Å². The standard InChI is InChI=1S/C9H21NO2/c1-3-9(4-2)12-8-6-10-5-7-11/h9-11H,3-8H2,1-2H3. The zero-order chi connectivity index (χ0) is 9.23. The lowest BCUT2D eigenvalue weighted by atomic mass is 10.2. The summed E-state index contributed by atoms with van der Waals surface area (Å²) in [6, 6.07) is 0. The molecule has 0 aromatic carbocycles. The highest BCUT2D eigenvalue weighted by atomic mass is 16.5. The van der Waals surface area contributed by atoms with E-state index >= 15 is 0 Å². The minimum atomic E-state index is 0.199. The number of aliphatic hydroxyl groups is 1. The summed E-state index contributed by atoms with van der Waals surface area (Å²) >= 11 is 0. The first-order chi connectivity index (χ1) is 5.85. The average Bonchev–Trinajstić information content (AvgIpc) is 2.11. The van der Waals surface area contributed by atoms with E-state index in [1.807, 2.05) is 0 Å². The van der Waals surface area contributed by atoms with Crippen molar-refractivity contribution in [1.29, 1.82) is 0 Å². The Labute approximate surface area is 75.1 Å². The van der Waals surface area contributed by atoms with Crippen molar-refractivity contribution in [3.8, 4) is 0 Å². The van der Waals surface area contributed by atoms with Crippen LogP contribution in [0.3, 0.4) is 0 Å². The maximum absolute atomic E-state index is 8.46. The molecule has 0 rings (SSSR count). The van der Waals surface area contributed by atoms with Crippen LogP contribution in [0.25, 0.3) is 0 Å². The maximum Gasteiger partial charge on any atom is 0.0594 e. The van der Waals surface area contributed by atoms with Crippen molar-refractivity contribution in [2.45, 2.75) is 32.8 Å². The summed E-state index contributed by atoms with van der Waals surface area (Å²) in [6.07, 6.45) is 2.56. The molecule has 0 spiro atoms. The van der Waals surface area contributed by atoms with E-state index in [1.165, 1.54) is 0 Å². The van der Waals surface area contributed by atoms with Crippen LogP contribution in [-0.4, -0.2) is 37.5 Å². The molecule has 0 aliphatic rings. The Morgan fingerprint density at radius 3 is 2.42 bits per heavy atom. The quantitative estimate of drug-likeness (QED) is 0.535. The van der Waals surface area contributed by atoms with Gasteiger partial charge in [-0.15, -0.1) is 0 Å². The summed E-state index contributed by atoms with van der Waals surface area (Å²) in [5.74, 6) is 0. The molecule has 0 unspecified atom stereocenters. The molecule has 2 N–H and O–H groups in total. The molecule has 3 nitrogen and oxygen atoms in total. The molecule has 0 aromatic rings. The molecule has 0 saturated carbocycles. The average molecular weight is 175 g/mol. The van der Waals surface area contributed by atoms with Crippen LogP contribution >= 0.6 is 0 Å². The summed E-state index contributed by atoms with van der Waals surface area (Å²) in [6.45, 7) is 6.70. The second kappa shape index (κ2) is 8.97. The van der Waals surface area contributed by atoms with Crippen LogP contribution in [0.2, 0.25) is 0 Å². The van der Waals surface area contributed by atoms with E-state index in [4.69, 9.17) is 9.84 Å². The molecular formula is C9H21NO2. The van der Waals surface area contributed by atoms with Gasteiger partial charge in [0, 0.05) is 13.1 Å².